The van der Waals surface area contributed by atoms with Crippen LogP contribution >= 0.6 is 26.5 Å². The molecule has 0 aliphatic heterocycles. The van der Waals surface area contributed by atoms with Gasteiger partial charge in [0.1, 0.15) is 5.75 Å². The van der Waals surface area contributed by atoms with Gasteiger partial charge in [0, 0.05) is 29.5 Å². The number of aromatic hydroxyl groups is 1. The first kappa shape index (κ1) is 31.5. The number of aliphatic hydroxyl groups is 1. The van der Waals surface area contributed by atoms with Gasteiger partial charge in [-0.1, -0.05) is 59.7 Å². The second-order valence-electron chi connectivity index (χ2n) is 11.5. The van der Waals surface area contributed by atoms with E-state index in [9.17, 15) is 38.9 Å². The fraction of sp³-hybridized carbons (Fsp3) is 0.423. The molecule has 13 heteroatoms. The molecule has 10 nitrogen and oxygen atoms in total. The Kier molecular flexibility index (Phi) is 8.65. The topological polar surface area (TPSA) is 173 Å². The summed E-state index contributed by atoms with van der Waals surface area (Å²) in [7, 11) is -11.3. The zero-order chi connectivity index (χ0) is 29.6. The number of hydrogen-bond donors (Lipinski definition) is 6. The molecule has 0 unspecified atom stereocenters. The van der Waals surface area contributed by atoms with Gasteiger partial charge in [-0.15, -0.1) is 11.3 Å². The van der Waals surface area contributed by atoms with Crippen LogP contribution in [0, 0.1) is 0 Å². The first-order chi connectivity index (χ1) is 17.7. The zero-order valence-corrected chi connectivity index (χ0v) is 25.3. The summed E-state index contributed by atoms with van der Waals surface area (Å²) < 4.78 is 25.6. The van der Waals surface area contributed by atoms with Crippen molar-refractivity contribution in [2.45, 2.75) is 70.4 Å². The van der Waals surface area contributed by atoms with Crippen LogP contribution in [0.4, 0.5) is 5.69 Å². The van der Waals surface area contributed by atoms with Crippen molar-refractivity contribution in [1.29, 1.82) is 0 Å². The maximum absolute atomic E-state index is 12.0. The maximum Gasteiger partial charge on any atom is 0.369 e. The quantitative estimate of drug-likeness (QED) is 0.203. The zero-order valence-electron chi connectivity index (χ0n) is 22.7. The molecule has 6 N–H and O–H groups in total. The Hall–Kier alpha value is -2.07. The van der Waals surface area contributed by atoms with Gasteiger partial charge in [0.25, 0.3) is 5.08 Å². The summed E-state index contributed by atoms with van der Waals surface area (Å²) in [4.78, 5) is 43.8. The van der Waals surface area contributed by atoms with Crippen molar-refractivity contribution in [3.05, 3.63) is 63.8 Å². The van der Waals surface area contributed by atoms with Crippen molar-refractivity contribution < 1.29 is 38.9 Å². The summed E-state index contributed by atoms with van der Waals surface area (Å²) in [6.45, 7) is 11.4. The molecular weight excluding hydrogens is 562 g/mol. The van der Waals surface area contributed by atoms with Crippen LogP contribution < -0.4 is 4.80 Å². The summed E-state index contributed by atoms with van der Waals surface area (Å²) in [5.74, 6) is 0.173. The molecule has 0 radical (unpaired) electrons. The molecule has 0 aliphatic rings. The van der Waals surface area contributed by atoms with Crippen molar-refractivity contribution in [2.24, 2.45) is 4.99 Å². The third kappa shape index (κ3) is 6.64. The van der Waals surface area contributed by atoms with Crippen LogP contribution in [-0.4, -0.2) is 39.4 Å². The van der Waals surface area contributed by atoms with Gasteiger partial charge in [0.05, 0.1) is 11.4 Å². The molecule has 0 bridgehead atoms. The smallest absolute Gasteiger partial charge is 0.369 e. The second-order valence-corrected chi connectivity index (χ2v) is 16.4. The number of para-hydroxylation sites is 1. The Morgan fingerprint density at radius 2 is 1.36 bits per heavy atom. The first-order valence-electron chi connectivity index (χ1n) is 12.2. The fourth-order valence-electron chi connectivity index (χ4n) is 4.13. The highest BCUT2D eigenvalue weighted by molar-refractivity contribution is 7.72. The molecule has 0 atom stereocenters. The average Bonchev–Trinajstić information content (AvgIpc) is 3.17. The number of hydrogen-bond acceptors (Lipinski definition) is 6. The van der Waals surface area contributed by atoms with Crippen molar-refractivity contribution in [3.8, 4) is 17.0 Å². The van der Waals surface area contributed by atoms with Crippen LogP contribution in [0.1, 0.15) is 59.1 Å². The molecule has 2 aromatic carbocycles. The number of aromatic nitrogens is 1. The number of rotatable bonds is 7. The highest BCUT2D eigenvalue weighted by atomic mass is 32.1. The van der Waals surface area contributed by atoms with Gasteiger partial charge >= 0.3 is 15.2 Å². The molecule has 1 aromatic heterocycles. The van der Waals surface area contributed by atoms with Gasteiger partial charge in [-0.2, -0.15) is 0 Å². The van der Waals surface area contributed by atoms with Crippen LogP contribution in [0.3, 0.4) is 0 Å². The Morgan fingerprint density at radius 3 is 1.79 bits per heavy atom. The molecule has 1 heterocycles. The van der Waals surface area contributed by atoms with Gasteiger partial charge in [-0.05, 0) is 40.7 Å². The normalized spacial score (nSPS) is 14.2. The number of phenolic OH excluding ortho intramolecular Hbond substituents is 1. The minimum Gasteiger partial charge on any atom is -0.507 e. The van der Waals surface area contributed by atoms with E-state index in [0.717, 1.165) is 0 Å². The molecule has 0 saturated heterocycles. The van der Waals surface area contributed by atoms with E-state index >= 15 is 0 Å². The van der Waals surface area contributed by atoms with E-state index in [-0.39, 0.29) is 12.3 Å². The molecule has 0 spiro atoms. The van der Waals surface area contributed by atoms with Crippen LogP contribution in [0.2, 0.25) is 0 Å². The summed E-state index contributed by atoms with van der Waals surface area (Å²) in [5, 5.41) is 19.9. The standard InChI is InChI=1S/C26H36N2O8P2S/c1-24(2,3)19-14-17(15-20(22(19)29)25(4,5)6)21-16-39-23(27-18-10-8-7-9-11-18)28(21)13-12-26(30,37(31,32)33)38(34,35)36/h7-11,14-16,29-30H,12-13H2,1-6H3,(H2,31,32,33)(H2,34,35,36). The Balaban J connectivity index is 2.31. The lowest BCUT2D eigenvalue weighted by Gasteiger charge is -2.30. The monoisotopic (exact) mass is 598 g/mol. The van der Waals surface area contributed by atoms with Gasteiger partial charge < -0.3 is 34.4 Å². The molecular formula is C26H36N2O8P2S. The molecule has 3 aromatic rings. The van der Waals surface area contributed by atoms with E-state index in [2.05, 4.69) is 4.99 Å². The van der Waals surface area contributed by atoms with Crippen LogP contribution in [0.25, 0.3) is 11.3 Å². The van der Waals surface area contributed by atoms with E-state index in [1.807, 2.05) is 59.7 Å². The molecule has 214 valence electrons. The third-order valence-corrected chi connectivity index (χ3v) is 11.1. The maximum atomic E-state index is 12.0. The van der Waals surface area contributed by atoms with Gasteiger partial charge in [0.15, 0.2) is 4.80 Å². The van der Waals surface area contributed by atoms with Crippen LogP contribution in [0.5, 0.6) is 5.75 Å². The number of phenols is 1. The lowest BCUT2D eigenvalue weighted by atomic mass is 9.78. The van der Waals surface area contributed by atoms with Crippen molar-refractivity contribution in [2.75, 3.05) is 0 Å². The summed E-state index contributed by atoms with van der Waals surface area (Å²) in [6.07, 6.45) is -0.941. The average molecular weight is 599 g/mol. The van der Waals surface area contributed by atoms with Crippen LogP contribution in [-0.2, 0) is 26.5 Å². The van der Waals surface area contributed by atoms with E-state index in [1.54, 1.807) is 34.2 Å². The number of nitrogens with zero attached hydrogens (tertiary/aromatic N) is 2. The van der Waals surface area contributed by atoms with E-state index in [4.69, 9.17) is 0 Å². The summed E-state index contributed by atoms with van der Waals surface area (Å²) >= 11 is 1.23. The number of benzene rings is 2. The third-order valence-electron chi connectivity index (χ3n) is 6.40. The largest absolute Gasteiger partial charge is 0.507 e. The van der Waals surface area contributed by atoms with Gasteiger partial charge in [-0.25, -0.2) is 4.99 Å². The summed E-state index contributed by atoms with van der Waals surface area (Å²) in [6, 6.07) is 12.6. The molecule has 0 amide bonds. The Morgan fingerprint density at radius 1 is 0.872 bits per heavy atom. The molecule has 39 heavy (non-hydrogen) atoms. The van der Waals surface area contributed by atoms with Gasteiger partial charge in [0.2, 0.25) is 0 Å². The molecule has 0 fully saturated rings. The lowest BCUT2D eigenvalue weighted by molar-refractivity contribution is 0.118. The van der Waals surface area contributed by atoms with E-state index in [1.165, 1.54) is 11.3 Å². The second kappa shape index (κ2) is 10.7. The fourth-order valence-corrected chi connectivity index (χ4v) is 7.22. The predicted molar refractivity (Wildman–Crippen MR) is 152 cm³/mol. The molecule has 0 saturated carbocycles. The lowest BCUT2D eigenvalue weighted by Crippen LogP contribution is -2.31. The molecule has 0 aliphatic carbocycles. The van der Waals surface area contributed by atoms with Crippen molar-refractivity contribution in [3.63, 3.8) is 0 Å². The predicted octanol–water partition coefficient (Wildman–Crippen LogP) is 5.14. The SMILES string of the molecule is CC(C)(C)c1cc(-c2csc(=Nc3ccccc3)n2CCC(O)(P(=O)(O)O)P(=O)(O)O)cc(C(C)(C)C)c1O. The van der Waals surface area contributed by atoms with Gasteiger partial charge in [-0.3, -0.25) is 9.13 Å². The Bertz CT molecular complexity index is 1450. The molecule has 3 rings (SSSR count). The highest BCUT2D eigenvalue weighted by Crippen LogP contribution is 2.69. The van der Waals surface area contributed by atoms with E-state index < -0.39 is 37.5 Å². The van der Waals surface area contributed by atoms with E-state index in [0.29, 0.717) is 32.9 Å². The van der Waals surface area contributed by atoms with Crippen molar-refractivity contribution in [1.82, 2.24) is 4.57 Å². The minimum absolute atomic E-state index is 0.173. The summed E-state index contributed by atoms with van der Waals surface area (Å²) in [5.41, 5.74) is 2.32. The van der Waals surface area contributed by atoms with Crippen LogP contribution in [0.15, 0.2) is 52.8 Å². The first-order valence-corrected chi connectivity index (χ1v) is 16.3. The number of thiazole rings is 1. The highest BCUT2D eigenvalue weighted by Gasteiger charge is 2.59. The minimum atomic E-state index is -5.64. The Labute approximate surface area is 231 Å². The van der Waals surface area contributed by atoms with Crippen molar-refractivity contribution >= 4 is 32.2 Å².